The summed E-state index contributed by atoms with van der Waals surface area (Å²) < 4.78 is 18.9. The van der Waals surface area contributed by atoms with Crippen molar-refractivity contribution >= 4 is 22.5 Å². The summed E-state index contributed by atoms with van der Waals surface area (Å²) in [6, 6.07) is 13.0. The maximum absolute atomic E-state index is 13.6. The van der Waals surface area contributed by atoms with E-state index in [9.17, 15) is 9.18 Å². The summed E-state index contributed by atoms with van der Waals surface area (Å²) in [4.78, 5) is 16.9. The Hall–Kier alpha value is -2.95. The molecule has 122 valence electrons. The number of nitrogens with zero attached hydrogens (tertiary/aromatic N) is 1. The highest BCUT2D eigenvalue weighted by atomic mass is 19.1. The highest BCUT2D eigenvalue weighted by Gasteiger charge is 2.13. The summed E-state index contributed by atoms with van der Waals surface area (Å²) in [6.45, 7) is 4.29. The summed E-state index contributed by atoms with van der Waals surface area (Å²) in [7, 11) is 0. The second-order valence-electron chi connectivity index (χ2n) is 5.38. The molecule has 0 aliphatic rings. The zero-order valence-electron chi connectivity index (χ0n) is 13.5. The first kappa shape index (κ1) is 15.9. The first-order chi connectivity index (χ1) is 11.6. The van der Waals surface area contributed by atoms with Gasteiger partial charge in [0.05, 0.1) is 17.7 Å². The number of carbonyl (C=O) groups excluding carboxylic acids is 1. The van der Waals surface area contributed by atoms with E-state index in [1.807, 2.05) is 6.92 Å². The Bertz CT molecular complexity index is 892. The van der Waals surface area contributed by atoms with Gasteiger partial charge in [0.1, 0.15) is 11.6 Å². The fraction of sp³-hybridized carbons (Fsp3) is 0.158. The highest BCUT2D eigenvalue weighted by Crippen LogP contribution is 2.22. The van der Waals surface area contributed by atoms with Crippen LogP contribution in [0, 0.1) is 12.7 Å². The standard InChI is InChI=1S/C19H17FN2O2/c1-3-24-15-7-5-14(6-8-15)22-19(23)17-10-12(2)21-18-9-4-13(20)11-16(17)18/h4-11H,3H2,1-2H3,(H,22,23). The van der Waals surface area contributed by atoms with E-state index in [0.717, 1.165) is 5.75 Å². The predicted molar refractivity (Wildman–Crippen MR) is 92.0 cm³/mol. The molecule has 0 aliphatic carbocycles. The number of halogens is 1. The molecule has 1 N–H and O–H groups in total. The number of aryl methyl sites for hydroxylation is 1. The Morgan fingerprint density at radius 1 is 1.17 bits per heavy atom. The van der Waals surface area contributed by atoms with Crippen molar-refractivity contribution < 1.29 is 13.9 Å². The van der Waals surface area contributed by atoms with E-state index in [1.165, 1.54) is 12.1 Å². The van der Waals surface area contributed by atoms with Crippen LogP contribution in [0.15, 0.2) is 48.5 Å². The van der Waals surface area contributed by atoms with Crippen molar-refractivity contribution in [3.8, 4) is 5.75 Å². The number of fused-ring (bicyclic) bond motifs is 1. The van der Waals surface area contributed by atoms with E-state index in [1.54, 1.807) is 43.3 Å². The third-order valence-electron chi connectivity index (χ3n) is 3.57. The monoisotopic (exact) mass is 324 g/mol. The van der Waals surface area contributed by atoms with Gasteiger partial charge in [-0.3, -0.25) is 9.78 Å². The molecule has 0 aliphatic heterocycles. The van der Waals surface area contributed by atoms with E-state index in [2.05, 4.69) is 10.3 Å². The van der Waals surface area contributed by atoms with Crippen LogP contribution in [0.4, 0.5) is 10.1 Å². The molecule has 2 aromatic carbocycles. The molecule has 3 rings (SSSR count). The van der Waals surface area contributed by atoms with Crippen LogP contribution in [0.25, 0.3) is 10.9 Å². The van der Waals surface area contributed by atoms with Crippen molar-refractivity contribution in [3.63, 3.8) is 0 Å². The summed E-state index contributed by atoms with van der Waals surface area (Å²) in [5, 5.41) is 3.31. The van der Waals surface area contributed by atoms with Crippen LogP contribution in [0.2, 0.25) is 0 Å². The van der Waals surface area contributed by atoms with Gasteiger partial charge in [-0.05, 0) is 62.4 Å². The van der Waals surface area contributed by atoms with E-state index < -0.39 is 5.82 Å². The summed E-state index contributed by atoms with van der Waals surface area (Å²) in [5.41, 5.74) is 2.33. The molecule has 24 heavy (non-hydrogen) atoms. The van der Waals surface area contributed by atoms with Crippen LogP contribution in [-0.4, -0.2) is 17.5 Å². The van der Waals surface area contributed by atoms with Gasteiger partial charge < -0.3 is 10.1 Å². The number of hydrogen-bond donors (Lipinski definition) is 1. The number of carbonyl (C=O) groups is 1. The summed E-state index contributed by atoms with van der Waals surface area (Å²) >= 11 is 0. The molecule has 0 bridgehead atoms. The predicted octanol–water partition coefficient (Wildman–Crippen LogP) is 4.33. The molecule has 0 unspecified atom stereocenters. The minimum Gasteiger partial charge on any atom is -0.494 e. The molecule has 0 radical (unpaired) electrons. The van der Waals surface area contributed by atoms with Gasteiger partial charge in [0, 0.05) is 16.8 Å². The van der Waals surface area contributed by atoms with E-state index in [-0.39, 0.29) is 5.91 Å². The molecular weight excluding hydrogens is 307 g/mol. The zero-order valence-corrected chi connectivity index (χ0v) is 13.5. The van der Waals surface area contributed by atoms with Crippen molar-refractivity contribution in [2.24, 2.45) is 0 Å². The molecule has 0 spiro atoms. The molecule has 1 aromatic heterocycles. The Kier molecular flexibility index (Phi) is 4.42. The maximum atomic E-state index is 13.6. The fourth-order valence-electron chi connectivity index (χ4n) is 2.52. The Balaban J connectivity index is 1.92. The first-order valence-corrected chi connectivity index (χ1v) is 7.68. The Morgan fingerprint density at radius 3 is 2.62 bits per heavy atom. The molecule has 1 heterocycles. The lowest BCUT2D eigenvalue weighted by Crippen LogP contribution is -2.13. The number of aromatic nitrogens is 1. The zero-order chi connectivity index (χ0) is 17.1. The van der Waals surface area contributed by atoms with Crippen molar-refractivity contribution in [1.29, 1.82) is 0 Å². The molecule has 0 saturated carbocycles. The number of nitrogens with one attached hydrogen (secondary N) is 1. The van der Waals surface area contributed by atoms with Gasteiger partial charge >= 0.3 is 0 Å². The maximum Gasteiger partial charge on any atom is 0.256 e. The second-order valence-corrected chi connectivity index (χ2v) is 5.38. The lowest BCUT2D eigenvalue weighted by molar-refractivity contribution is 0.102. The number of benzene rings is 2. The van der Waals surface area contributed by atoms with E-state index in [4.69, 9.17) is 4.74 Å². The first-order valence-electron chi connectivity index (χ1n) is 7.68. The molecular formula is C19H17FN2O2. The quantitative estimate of drug-likeness (QED) is 0.777. The highest BCUT2D eigenvalue weighted by molar-refractivity contribution is 6.12. The van der Waals surface area contributed by atoms with Crippen LogP contribution >= 0.6 is 0 Å². The van der Waals surface area contributed by atoms with E-state index >= 15 is 0 Å². The Labute approximate surface area is 139 Å². The SMILES string of the molecule is CCOc1ccc(NC(=O)c2cc(C)nc3ccc(F)cc23)cc1. The van der Waals surface area contributed by atoms with Gasteiger partial charge in [-0.2, -0.15) is 0 Å². The minimum atomic E-state index is -0.400. The van der Waals surface area contributed by atoms with Gasteiger partial charge in [0.2, 0.25) is 0 Å². The van der Waals surface area contributed by atoms with Crippen molar-refractivity contribution in [2.75, 3.05) is 11.9 Å². The van der Waals surface area contributed by atoms with Crippen LogP contribution in [-0.2, 0) is 0 Å². The van der Waals surface area contributed by atoms with Crippen LogP contribution in [0.3, 0.4) is 0 Å². The number of hydrogen-bond acceptors (Lipinski definition) is 3. The van der Waals surface area contributed by atoms with Gasteiger partial charge in [0.15, 0.2) is 0 Å². The van der Waals surface area contributed by atoms with Crippen LogP contribution in [0.5, 0.6) is 5.75 Å². The van der Waals surface area contributed by atoms with Gasteiger partial charge in [-0.1, -0.05) is 0 Å². The number of anilines is 1. The van der Waals surface area contributed by atoms with Crippen molar-refractivity contribution in [1.82, 2.24) is 4.98 Å². The summed E-state index contributed by atoms with van der Waals surface area (Å²) in [6.07, 6.45) is 0. The number of rotatable bonds is 4. The lowest BCUT2D eigenvalue weighted by atomic mass is 10.1. The molecule has 3 aromatic rings. The molecule has 1 amide bonds. The fourth-order valence-corrected chi connectivity index (χ4v) is 2.52. The third kappa shape index (κ3) is 3.35. The molecule has 0 atom stereocenters. The second kappa shape index (κ2) is 6.66. The largest absolute Gasteiger partial charge is 0.494 e. The Morgan fingerprint density at radius 2 is 1.92 bits per heavy atom. The smallest absolute Gasteiger partial charge is 0.256 e. The van der Waals surface area contributed by atoms with Crippen molar-refractivity contribution in [2.45, 2.75) is 13.8 Å². The molecule has 5 heteroatoms. The normalized spacial score (nSPS) is 10.6. The summed E-state index contributed by atoms with van der Waals surface area (Å²) in [5.74, 6) is 0.0336. The number of ether oxygens (including phenoxy) is 1. The minimum absolute atomic E-state index is 0.305. The topological polar surface area (TPSA) is 51.2 Å². The average Bonchev–Trinajstić information content (AvgIpc) is 2.56. The lowest BCUT2D eigenvalue weighted by Gasteiger charge is -2.10. The average molecular weight is 324 g/mol. The molecule has 0 saturated heterocycles. The van der Waals surface area contributed by atoms with Gasteiger partial charge in [0.25, 0.3) is 5.91 Å². The number of amides is 1. The van der Waals surface area contributed by atoms with E-state index in [0.29, 0.717) is 34.5 Å². The number of pyridine rings is 1. The van der Waals surface area contributed by atoms with Crippen LogP contribution < -0.4 is 10.1 Å². The van der Waals surface area contributed by atoms with Crippen LogP contribution in [0.1, 0.15) is 23.0 Å². The third-order valence-corrected chi connectivity index (χ3v) is 3.57. The van der Waals surface area contributed by atoms with Gasteiger partial charge in [-0.25, -0.2) is 4.39 Å². The molecule has 0 fully saturated rings. The van der Waals surface area contributed by atoms with Gasteiger partial charge in [-0.15, -0.1) is 0 Å². The molecule has 4 nitrogen and oxygen atoms in total. The van der Waals surface area contributed by atoms with Crippen molar-refractivity contribution in [3.05, 3.63) is 65.6 Å².